The van der Waals surface area contributed by atoms with E-state index in [-0.39, 0.29) is 19.0 Å². The van der Waals surface area contributed by atoms with Gasteiger partial charge in [0.25, 0.3) is 0 Å². The van der Waals surface area contributed by atoms with E-state index in [1.54, 1.807) is 30.3 Å². The van der Waals surface area contributed by atoms with Crippen molar-refractivity contribution in [2.24, 2.45) is 0 Å². The summed E-state index contributed by atoms with van der Waals surface area (Å²) >= 11 is 0. The summed E-state index contributed by atoms with van der Waals surface area (Å²) in [5.74, 6) is -0.908. The second kappa shape index (κ2) is 7.06. The van der Waals surface area contributed by atoms with Gasteiger partial charge in [0.05, 0.1) is 17.2 Å². The molecule has 2 aromatic carbocycles. The van der Waals surface area contributed by atoms with Crippen LogP contribution in [0, 0.1) is 17.1 Å². The van der Waals surface area contributed by atoms with Crippen LogP contribution in [0.4, 0.5) is 4.39 Å². The summed E-state index contributed by atoms with van der Waals surface area (Å²) in [7, 11) is 0. The number of esters is 1. The molecule has 0 unspecified atom stereocenters. The molecule has 2 aromatic rings. The van der Waals surface area contributed by atoms with E-state index >= 15 is 0 Å². The molecular formula is C16H12FNO3. The molecule has 5 heteroatoms. The van der Waals surface area contributed by atoms with Crippen LogP contribution in [0.5, 0.6) is 5.75 Å². The fourth-order valence-corrected chi connectivity index (χ4v) is 1.65. The van der Waals surface area contributed by atoms with E-state index in [0.717, 1.165) is 0 Å². The van der Waals surface area contributed by atoms with Crippen molar-refractivity contribution < 1.29 is 18.7 Å². The van der Waals surface area contributed by atoms with Crippen LogP contribution in [0.25, 0.3) is 0 Å². The highest BCUT2D eigenvalue weighted by molar-refractivity contribution is 5.89. The fourth-order valence-electron chi connectivity index (χ4n) is 1.65. The van der Waals surface area contributed by atoms with Crippen molar-refractivity contribution in [1.29, 1.82) is 5.26 Å². The number of halogens is 1. The van der Waals surface area contributed by atoms with Crippen molar-refractivity contribution in [3.63, 3.8) is 0 Å². The zero-order valence-electron chi connectivity index (χ0n) is 11.1. The molecule has 2 rings (SSSR count). The lowest BCUT2D eigenvalue weighted by atomic mass is 10.1. The molecule has 0 aromatic heterocycles. The van der Waals surface area contributed by atoms with Crippen LogP contribution in [0.2, 0.25) is 0 Å². The van der Waals surface area contributed by atoms with Gasteiger partial charge in [0.2, 0.25) is 0 Å². The van der Waals surface area contributed by atoms with Crippen LogP contribution in [-0.4, -0.2) is 19.2 Å². The van der Waals surface area contributed by atoms with Crippen LogP contribution < -0.4 is 4.74 Å². The highest BCUT2D eigenvalue weighted by atomic mass is 19.1. The smallest absolute Gasteiger partial charge is 0.338 e. The summed E-state index contributed by atoms with van der Waals surface area (Å²) in [6, 6.07) is 14.1. The first-order valence-electron chi connectivity index (χ1n) is 6.25. The monoisotopic (exact) mass is 285 g/mol. The first-order chi connectivity index (χ1) is 10.2. The minimum absolute atomic E-state index is 0.00997. The Morgan fingerprint density at radius 2 is 1.95 bits per heavy atom. The topological polar surface area (TPSA) is 59.3 Å². The summed E-state index contributed by atoms with van der Waals surface area (Å²) in [5, 5.41) is 8.75. The first-order valence-corrected chi connectivity index (χ1v) is 6.25. The summed E-state index contributed by atoms with van der Waals surface area (Å²) in [6.07, 6.45) is 0. The van der Waals surface area contributed by atoms with E-state index in [1.807, 2.05) is 6.07 Å². The minimum atomic E-state index is -0.552. The predicted octanol–water partition coefficient (Wildman–Crippen LogP) is 2.93. The molecule has 0 aliphatic carbocycles. The van der Waals surface area contributed by atoms with Crippen LogP contribution in [0.1, 0.15) is 15.9 Å². The number of hydrogen-bond acceptors (Lipinski definition) is 4. The Morgan fingerprint density at radius 3 is 2.71 bits per heavy atom. The van der Waals surface area contributed by atoms with Gasteiger partial charge in [-0.15, -0.1) is 0 Å². The number of ether oxygens (including phenoxy) is 2. The maximum absolute atomic E-state index is 13.3. The van der Waals surface area contributed by atoms with Gasteiger partial charge in [0.1, 0.15) is 13.2 Å². The van der Waals surface area contributed by atoms with Crippen molar-refractivity contribution >= 4 is 5.97 Å². The highest BCUT2D eigenvalue weighted by Gasteiger charge is 2.08. The Kier molecular flexibility index (Phi) is 4.89. The van der Waals surface area contributed by atoms with Crippen molar-refractivity contribution in [2.75, 3.05) is 13.2 Å². The average molecular weight is 285 g/mol. The van der Waals surface area contributed by atoms with Gasteiger partial charge in [0, 0.05) is 0 Å². The summed E-state index contributed by atoms with van der Waals surface area (Å²) in [6.45, 7) is 0.0363. The lowest BCUT2D eigenvalue weighted by Gasteiger charge is -2.08. The van der Waals surface area contributed by atoms with Gasteiger partial charge in [-0.3, -0.25) is 0 Å². The molecule has 0 fully saturated rings. The number of hydrogen-bond donors (Lipinski definition) is 0. The molecule has 0 atom stereocenters. The molecule has 0 bridgehead atoms. The molecule has 0 heterocycles. The molecule has 0 spiro atoms. The second-order valence-corrected chi connectivity index (χ2v) is 4.11. The molecule has 0 amide bonds. The number of carbonyl (C=O) groups is 1. The van der Waals surface area contributed by atoms with Crippen molar-refractivity contribution in [2.45, 2.75) is 0 Å². The maximum Gasteiger partial charge on any atom is 0.338 e. The van der Waals surface area contributed by atoms with Crippen LogP contribution in [0.3, 0.4) is 0 Å². The van der Waals surface area contributed by atoms with Crippen LogP contribution >= 0.6 is 0 Å². The van der Waals surface area contributed by atoms with E-state index in [9.17, 15) is 9.18 Å². The number of para-hydroxylation sites is 1. The van der Waals surface area contributed by atoms with Gasteiger partial charge in [-0.05, 0) is 30.3 Å². The van der Waals surface area contributed by atoms with Crippen LogP contribution in [0.15, 0.2) is 48.5 Å². The van der Waals surface area contributed by atoms with Crippen LogP contribution in [-0.2, 0) is 4.74 Å². The van der Waals surface area contributed by atoms with E-state index in [4.69, 9.17) is 14.7 Å². The minimum Gasteiger partial charge on any atom is -0.487 e. The SMILES string of the molecule is N#Cc1cccc(C(=O)OCCOc2ccccc2F)c1. The lowest BCUT2D eigenvalue weighted by molar-refractivity contribution is 0.0448. The zero-order valence-corrected chi connectivity index (χ0v) is 11.1. The molecule has 0 N–H and O–H groups in total. The number of nitrogens with zero attached hydrogens (tertiary/aromatic N) is 1. The van der Waals surface area contributed by atoms with Crippen molar-refractivity contribution in [3.8, 4) is 11.8 Å². The molecular weight excluding hydrogens is 273 g/mol. The summed E-state index contributed by atoms with van der Waals surface area (Å²) in [5.41, 5.74) is 0.673. The number of benzene rings is 2. The van der Waals surface area contributed by atoms with Gasteiger partial charge < -0.3 is 9.47 Å². The number of nitriles is 1. The maximum atomic E-state index is 13.3. The molecule has 0 saturated heterocycles. The molecule has 4 nitrogen and oxygen atoms in total. The van der Waals surface area contributed by atoms with Gasteiger partial charge in [-0.25, -0.2) is 9.18 Å². The third-order valence-corrected chi connectivity index (χ3v) is 2.64. The van der Waals surface area contributed by atoms with Gasteiger partial charge in [0.15, 0.2) is 11.6 Å². The molecule has 0 aliphatic heterocycles. The third kappa shape index (κ3) is 4.05. The van der Waals surface area contributed by atoms with E-state index in [2.05, 4.69) is 0 Å². The second-order valence-electron chi connectivity index (χ2n) is 4.11. The number of rotatable bonds is 5. The van der Waals surface area contributed by atoms with Crippen molar-refractivity contribution in [1.82, 2.24) is 0 Å². The molecule has 106 valence electrons. The molecule has 21 heavy (non-hydrogen) atoms. The van der Waals surface area contributed by atoms with Gasteiger partial charge in [-0.2, -0.15) is 5.26 Å². The summed E-state index contributed by atoms with van der Waals surface area (Å²) < 4.78 is 23.4. The number of carbonyl (C=O) groups excluding carboxylic acids is 1. The van der Waals surface area contributed by atoms with Gasteiger partial charge >= 0.3 is 5.97 Å². The quantitative estimate of drug-likeness (QED) is 0.626. The average Bonchev–Trinajstić information content (AvgIpc) is 2.53. The Balaban J connectivity index is 1.82. The third-order valence-electron chi connectivity index (χ3n) is 2.64. The zero-order chi connectivity index (χ0) is 15.1. The predicted molar refractivity (Wildman–Crippen MR) is 73.3 cm³/mol. The fraction of sp³-hybridized carbons (Fsp3) is 0.125. The Labute approximate surface area is 121 Å². The normalized spacial score (nSPS) is 9.71. The first kappa shape index (κ1) is 14.5. The summed E-state index contributed by atoms with van der Waals surface area (Å²) in [4.78, 5) is 11.7. The Morgan fingerprint density at radius 1 is 1.14 bits per heavy atom. The Bertz CT molecular complexity index is 679. The highest BCUT2D eigenvalue weighted by Crippen LogP contribution is 2.15. The van der Waals surface area contributed by atoms with E-state index in [1.165, 1.54) is 18.2 Å². The van der Waals surface area contributed by atoms with E-state index in [0.29, 0.717) is 11.1 Å². The molecule has 0 aliphatic rings. The van der Waals surface area contributed by atoms with Crippen molar-refractivity contribution in [3.05, 3.63) is 65.5 Å². The molecule has 0 radical (unpaired) electrons. The molecule has 0 saturated carbocycles. The standard InChI is InChI=1S/C16H12FNO3/c17-14-6-1-2-7-15(14)20-8-9-21-16(19)13-5-3-4-12(10-13)11-18/h1-7,10H,8-9H2. The Hall–Kier alpha value is -2.87. The lowest BCUT2D eigenvalue weighted by Crippen LogP contribution is -2.12. The largest absolute Gasteiger partial charge is 0.487 e. The van der Waals surface area contributed by atoms with Gasteiger partial charge in [-0.1, -0.05) is 18.2 Å². The van der Waals surface area contributed by atoms with E-state index < -0.39 is 11.8 Å².